The van der Waals surface area contributed by atoms with Crippen LogP contribution in [0.1, 0.15) is 65.7 Å². The lowest BCUT2D eigenvalue weighted by Crippen LogP contribution is -2.32. The van der Waals surface area contributed by atoms with Gasteiger partial charge < -0.3 is 9.47 Å². The molecule has 0 saturated heterocycles. The van der Waals surface area contributed by atoms with Crippen molar-refractivity contribution in [3.8, 4) is 0 Å². The molecule has 5 nitrogen and oxygen atoms in total. The second-order valence-corrected chi connectivity index (χ2v) is 5.49. The van der Waals surface area contributed by atoms with E-state index in [1.165, 1.54) is 0 Å². The van der Waals surface area contributed by atoms with Crippen LogP contribution >= 0.6 is 0 Å². The van der Waals surface area contributed by atoms with E-state index in [-0.39, 0.29) is 11.9 Å². The fourth-order valence-electron chi connectivity index (χ4n) is 2.02. The van der Waals surface area contributed by atoms with Crippen molar-refractivity contribution in [2.24, 2.45) is 0 Å². The molecular weight excluding hydrogens is 282 g/mol. The van der Waals surface area contributed by atoms with Gasteiger partial charge in [0, 0.05) is 25.9 Å². The van der Waals surface area contributed by atoms with Gasteiger partial charge >= 0.3 is 11.9 Å². The fraction of sp³-hybridized carbons (Fsp3) is 0.882. The summed E-state index contributed by atoms with van der Waals surface area (Å²) in [4.78, 5) is 25.0. The number of esters is 2. The van der Waals surface area contributed by atoms with Crippen molar-refractivity contribution in [1.29, 1.82) is 0 Å². The quantitative estimate of drug-likeness (QED) is 0.461. The Hall–Kier alpha value is -1.10. The predicted molar refractivity (Wildman–Crippen MR) is 87.7 cm³/mol. The van der Waals surface area contributed by atoms with Crippen LogP contribution in [0.3, 0.4) is 0 Å². The summed E-state index contributed by atoms with van der Waals surface area (Å²) in [6.07, 6.45) is 5.78. The van der Waals surface area contributed by atoms with Crippen LogP contribution in [-0.4, -0.2) is 49.7 Å². The van der Waals surface area contributed by atoms with Gasteiger partial charge in [0.1, 0.15) is 13.2 Å². The third kappa shape index (κ3) is 12.6. The van der Waals surface area contributed by atoms with Gasteiger partial charge in [0.05, 0.1) is 0 Å². The van der Waals surface area contributed by atoms with E-state index in [0.717, 1.165) is 38.6 Å². The van der Waals surface area contributed by atoms with Gasteiger partial charge in [0.25, 0.3) is 0 Å². The minimum Gasteiger partial charge on any atom is -0.464 e. The van der Waals surface area contributed by atoms with E-state index in [2.05, 4.69) is 25.7 Å². The molecule has 0 aliphatic heterocycles. The van der Waals surface area contributed by atoms with E-state index in [4.69, 9.17) is 9.47 Å². The standard InChI is InChI=1S/C17H33NO4/c1-4-7-9-16(19)21-14-12-18(11-6-3)13-15-22-17(20)10-8-5-2/h4-15H2,1-3H3. The van der Waals surface area contributed by atoms with Gasteiger partial charge in [-0.1, -0.05) is 33.6 Å². The maximum absolute atomic E-state index is 11.4. The molecule has 0 atom stereocenters. The molecule has 0 aromatic carbocycles. The number of unbranched alkanes of at least 4 members (excludes halogenated alkanes) is 2. The van der Waals surface area contributed by atoms with Crippen molar-refractivity contribution in [3.05, 3.63) is 0 Å². The zero-order valence-electron chi connectivity index (χ0n) is 14.6. The molecule has 130 valence electrons. The van der Waals surface area contributed by atoms with Crippen LogP contribution < -0.4 is 0 Å². The molecule has 22 heavy (non-hydrogen) atoms. The van der Waals surface area contributed by atoms with Crippen LogP contribution in [0.4, 0.5) is 0 Å². The highest BCUT2D eigenvalue weighted by Crippen LogP contribution is 1.99. The van der Waals surface area contributed by atoms with E-state index >= 15 is 0 Å². The summed E-state index contributed by atoms with van der Waals surface area (Å²) < 4.78 is 10.4. The van der Waals surface area contributed by atoms with E-state index in [1.54, 1.807) is 0 Å². The van der Waals surface area contributed by atoms with Gasteiger partial charge in [-0.05, 0) is 25.8 Å². The zero-order chi connectivity index (χ0) is 16.6. The highest BCUT2D eigenvalue weighted by Gasteiger charge is 2.08. The monoisotopic (exact) mass is 315 g/mol. The first-order valence-electron chi connectivity index (χ1n) is 8.67. The Morgan fingerprint density at radius 3 is 1.55 bits per heavy atom. The molecule has 0 amide bonds. The van der Waals surface area contributed by atoms with E-state index in [0.29, 0.717) is 39.1 Å². The van der Waals surface area contributed by atoms with Crippen LogP contribution in [0.2, 0.25) is 0 Å². The molecule has 0 N–H and O–H groups in total. The number of hydrogen-bond acceptors (Lipinski definition) is 5. The summed E-state index contributed by atoms with van der Waals surface area (Å²) in [6.45, 7) is 9.33. The van der Waals surface area contributed by atoms with Crippen LogP contribution in [0.15, 0.2) is 0 Å². The third-order valence-electron chi connectivity index (χ3n) is 3.35. The Balaban J connectivity index is 3.81. The first-order chi connectivity index (χ1) is 10.6. The van der Waals surface area contributed by atoms with Crippen molar-refractivity contribution >= 4 is 11.9 Å². The first-order valence-corrected chi connectivity index (χ1v) is 8.67. The SMILES string of the molecule is CCCCC(=O)OCCN(CCC)CCOC(=O)CCCC. The molecule has 0 unspecified atom stereocenters. The van der Waals surface area contributed by atoms with Gasteiger partial charge in [-0.2, -0.15) is 0 Å². The van der Waals surface area contributed by atoms with Crippen LogP contribution in [0.25, 0.3) is 0 Å². The molecule has 0 bridgehead atoms. The molecule has 0 saturated carbocycles. The van der Waals surface area contributed by atoms with Crippen molar-refractivity contribution in [3.63, 3.8) is 0 Å². The van der Waals surface area contributed by atoms with Gasteiger partial charge in [0.2, 0.25) is 0 Å². The Morgan fingerprint density at radius 2 is 1.18 bits per heavy atom. The largest absolute Gasteiger partial charge is 0.464 e. The second-order valence-electron chi connectivity index (χ2n) is 5.49. The zero-order valence-corrected chi connectivity index (χ0v) is 14.6. The van der Waals surface area contributed by atoms with E-state index in [1.807, 2.05) is 0 Å². The predicted octanol–water partition coefficient (Wildman–Crippen LogP) is 3.17. The summed E-state index contributed by atoms with van der Waals surface area (Å²) in [5.41, 5.74) is 0. The topological polar surface area (TPSA) is 55.8 Å². The summed E-state index contributed by atoms with van der Waals surface area (Å²) in [6, 6.07) is 0. The highest BCUT2D eigenvalue weighted by molar-refractivity contribution is 5.69. The minimum atomic E-state index is -0.121. The van der Waals surface area contributed by atoms with Crippen molar-refractivity contribution < 1.29 is 19.1 Å². The van der Waals surface area contributed by atoms with Crippen molar-refractivity contribution in [2.75, 3.05) is 32.8 Å². The van der Waals surface area contributed by atoms with Crippen LogP contribution in [0.5, 0.6) is 0 Å². The van der Waals surface area contributed by atoms with E-state index < -0.39 is 0 Å². The summed E-state index contributed by atoms with van der Waals surface area (Å²) >= 11 is 0. The molecule has 0 heterocycles. The average Bonchev–Trinajstić information content (AvgIpc) is 2.50. The smallest absolute Gasteiger partial charge is 0.305 e. The second kappa shape index (κ2) is 14.8. The lowest BCUT2D eigenvalue weighted by Gasteiger charge is -2.21. The number of rotatable bonds is 14. The van der Waals surface area contributed by atoms with Crippen LogP contribution in [-0.2, 0) is 19.1 Å². The van der Waals surface area contributed by atoms with Crippen molar-refractivity contribution in [1.82, 2.24) is 4.90 Å². The molecule has 0 aromatic rings. The summed E-state index contributed by atoms with van der Waals surface area (Å²) in [7, 11) is 0. The maximum Gasteiger partial charge on any atom is 0.305 e. The molecular formula is C17H33NO4. The molecule has 5 heteroatoms. The van der Waals surface area contributed by atoms with Gasteiger partial charge in [-0.25, -0.2) is 0 Å². The Kier molecular flexibility index (Phi) is 14.1. The number of hydrogen-bond donors (Lipinski definition) is 0. The Morgan fingerprint density at radius 1 is 0.727 bits per heavy atom. The number of ether oxygens (including phenoxy) is 2. The molecule has 0 aromatic heterocycles. The lowest BCUT2D eigenvalue weighted by atomic mass is 10.2. The maximum atomic E-state index is 11.4. The molecule has 0 aliphatic carbocycles. The van der Waals surface area contributed by atoms with Crippen LogP contribution in [0, 0.1) is 0 Å². The minimum absolute atomic E-state index is 0.121. The molecule has 0 fully saturated rings. The summed E-state index contributed by atoms with van der Waals surface area (Å²) in [5, 5.41) is 0. The third-order valence-corrected chi connectivity index (χ3v) is 3.35. The Bertz CT molecular complexity index is 268. The Labute approximate surface area is 135 Å². The number of carbonyl (C=O) groups excluding carboxylic acids is 2. The van der Waals surface area contributed by atoms with Crippen molar-refractivity contribution in [2.45, 2.75) is 65.7 Å². The highest BCUT2D eigenvalue weighted by atomic mass is 16.5. The molecule has 0 aliphatic rings. The first kappa shape index (κ1) is 20.9. The fourth-order valence-corrected chi connectivity index (χ4v) is 2.02. The van der Waals surface area contributed by atoms with Gasteiger partial charge in [0.15, 0.2) is 0 Å². The van der Waals surface area contributed by atoms with E-state index in [9.17, 15) is 9.59 Å². The normalized spacial score (nSPS) is 10.7. The number of carbonyl (C=O) groups is 2. The molecule has 0 rings (SSSR count). The molecule has 0 spiro atoms. The van der Waals surface area contributed by atoms with Gasteiger partial charge in [-0.3, -0.25) is 14.5 Å². The molecule has 0 radical (unpaired) electrons. The number of nitrogens with zero attached hydrogens (tertiary/aromatic N) is 1. The van der Waals surface area contributed by atoms with Gasteiger partial charge in [-0.15, -0.1) is 0 Å². The lowest BCUT2D eigenvalue weighted by molar-refractivity contribution is -0.144. The summed E-state index contributed by atoms with van der Waals surface area (Å²) in [5.74, 6) is -0.242. The average molecular weight is 315 g/mol.